The Kier molecular flexibility index (Phi) is 5.78. The molecular formula is C14H22N2O5. The molecule has 0 aromatic carbocycles. The van der Waals surface area contributed by atoms with Crippen molar-refractivity contribution in [1.82, 2.24) is 10.6 Å². The lowest BCUT2D eigenvalue weighted by molar-refractivity contribution is 0.0507. The number of carboxylic acids is 1. The predicted octanol–water partition coefficient (Wildman–Crippen LogP) is 1.98. The minimum Gasteiger partial charge on any atom is -0.475 e. The van der Waals surface area contributed by atoms with Crippen LogP contribution in [0.5, 0.6) is 0 Å². The van der Waals surface area contributed by atoms with Crippen molar-refractivity contribution >= 4 is 12.1 Å². The summed E-state index contributed by atoms with van der Waals surface area (Å²) in [5, 5.41) is 14.5. The average molecular weight is 298 g/mol. The topological polar surface area (TPSA) is 101 Å². The monoisotopic (exact) mass is 298 g/mol. The molecule has 0 aliphatic rings. The highest BCUT2D eigenvalue weighted by Gasteiger charge is 2.17. The van der Waals surface area contributed by atoms with Crippen molar-refractivity contribution in [2.24, 2.45) is 0 Å². The van der Waals surface area contributed by atoms with Gasteiger partial charge in [-0.25, -0.2) is 9.59 Å². The Hall–Kier alpha value is -2.02. The van der Waals surface area contributed by atoms with Crippen molar-refractivity contribution in [2.75, 3.05) is 6.54 Å². The molecule has 3 N–H and O–H groups in total. The van der Waals surface area contributed by atoms with Crippen LogP contribution in [-0.4, -0.2) is 35.4 Å². The molecule has 0 spiro atoms. The number of carboxylic acid groups (broad SMARTS) is 1. The Morgan fingerprint density at radius 1 is 1.38 bits per heavy atom. The molecule has 7 heteroatoms. The first-order valence-electron chi connectivity index (χ1n) is 6.69. The van der Waals surface area contributed by atoms with E-state index in [4.69, 9.17) is 14.3 Å². The van der Waals surface area contributed by atoms with Crippen LogP contribution in [0.4, 0.5) is 4.79 Å². The summed E-state index contributed by atoms with van der Waals surface area (Å²) in [6.07, 6.45) is -0.469. The number of carbonyl (C=O) groups is 2. The quantitative estimate of drug-likeness (QED) is 0.742. The number of amides is 1. The Morgan fingerprint density at radius 3 is 2.57 bits per heavy atom. The summed E-state index contributed by atoms with van der Waals surface area (Å²) in [4.78, 5) is 22.2. The largest absolute Gasteiger partial charge is 0.475 e. The van der Waals surface area contributed by atoms with E-state index in [0.717, 1.165) is 0 Å². The average Bonchev–Trinajstić information content (AvgIpc) is 2.74. The summed E-state index contributed by atoms with van der Waals surface area (Å²) in [6, 6.07) is 2.87. The molecule has 1 amide bonds. The van der Waals surface area contributed by atoms with Gasteiger partial charge in [-0.3, -0.25) is 0 Å². The highest BCUT2D eigenvalue weighted by atomic mass is 16.6. The van der Waals surface area contributed by atoms with Crippen LogP contribution < -0.4 is 10.6 Å². The Labute approximate surface area is 123 Å². The van der Waals surface area contributed by atoms with Crippen LogP contribution in [-0.2, 0) is 11.3 Å². The molecule has 0 radical (unpaired) electrons. The molecule has 1 aromatic rings. The normalized spacial score (nSPS) is 12.8. The molecule has 1 heterocycles. The molecule has 0 saturated heterocycles. The molecule has 0 aliphatic carbocycles. The maximum atomic E-state index is 11.5. The Morgan fingerprint density at radius 2 is 2.05 bits per heavy atom. The fourth-order valence-electron chi connectivity index (χ4n) is 1.56. The van der Waals surface area contributed by atoms with E-state index in [1.165, 1.54) is 6.07 Å². The highest BCUT2D eigenvalue weighted by Crippen LogP contribution is 2.08. The zero-order chi connectivity index (χ0) is 16.0. The molecule has 1 unspecified atom stereocenters. The second-order valence-corrected chi connectivity index (χ2v) is 5.75. The summed E-state index contributed by atoms with van der Waals surface area (Å²) < 4.78 is 10.2. The third-order valence-electron chi connectivity index (χ3n) is 2.39. The third-order valence-corrected chi connectivity index (χ3v) is 2.39. The van der Waals surface area contributed by atoms with Gasteiger partial charge in [-0.15, -0.1) is 0 Å². The second kappa shape index (κ2) is 7.12. The molecule has 118 valence electrons. The molecule has 0 saturated carbocycles. The minimum atomic E-state index is -1.10. The lowest BCUT2D eigenvalue weighted by Crippen LogP contribution is -2.42. The smallest absolute Gasteiger partial charge is 0.407 e. The molecule has 21 heavy (non-hydrogen) atoms. The minimum absolute atomic E-state index is 0.0910. The third kappa shape index (κ3) is 6.80. The van der Waals surface area contributed by atoms with Crippen LogP contribution in [0.1, 0.15) is 44.0 Å². The number of carbonyl (C=O) groups excluding carboxylic acids is 1. The van der Waals surface area contributed by atoms with Gasteiger partial charge in [0.05, 0.1) is 6.54 Å². The number of nitrogens with one attached hydrogen (secondary N) is 2. The van der Waals surface area contributed by atoms with E-state index in [-0.39, 0.29) is 11.8 Å². The maximum absolute atomic E-state index is 11.5. The first-order chi connectivity index (χ1) is 9.67. The van der Waals surface area contributed by atoms with Gasteiger partial charge in [0.15, 0.2) is 0 Å². The van der Waals surface area contributed by atoms with Gasteiger partial charge in [0, 0.05) is 12.6 Å². The van der Waals surface area contributed by atoms with Crippen molar-refractivity contribution in [3.05, 3.63) is 23.7 Å². The molecule has 1 rings (SSSR count). The van der Waals surface area contributed by atoms with E-state index in [2.05, 4.69) is 10.6 Å². The van der Waals surface area contributed by atoms with Crippen molar-refractivity contribution in [3.63, 3.8) is 0 Å². The van der Waals surface area contributed by atoms with Crippen LogP contribution in [0, 0.1) is 0 Å². The SMILES string of the molecule is CC(CNCc1ccc(C(=O)O)o1)NC(=O)OC(C)(C)C. The summed E-state index contributed by atoms with van der Waals surface area (Å²) in [5.41, 5.74) is -0.529. The predicted molar refractivity (Wildman–Crippen MR) is 76.2 cm³/mol. The molecule has 0 fully saturated rings. The van der Waals surface area contributed by atoms with Gasteiger partial charge in [0.25, 0.3) is 0 Å². The maximum Gasteiger partial charge on any atom is 0.407 e. The fourth-order valence-corrected chi connectivity index (χ4v) is 1.56. The lowest BCUT2D eigenvalue weighted by Gasteiger charge is -2.22. The fraction of sp³-hybridized carbons (Fsp3) is 0.571. The molecule has 0 bridgehead atoms. The molecular weight excluding hydrogens is 276 g/mol. The molecule has 1 atom stereocenters. The highest BCUT2D eigenvalue weighted by molar-refractivity contribution is 5.84. The number of aromatic carboxylic acids is 1. The zero-order valence-electron chi connectivity index (χ0n) is 12.7. The summed E-state index contributed by atoms with van der Waals surface area (Å²) in [5.74, 6) is -0.662. The molecule has 1 aromatic heterocycles. The van der Waals surface area contributed by atoms with Gasteiger partial charge in [0.1, 0.15) is 11.4 Å². The van der Waals surface area contributed by atoms with Gasteiger partial charge < -0.3 is 24.9 Å². The van der Waals surface area contributed by atoms with Gasteiger partial charge in [-0.05, 0) is 39.8 Å². The molecule has 0 aliphatic heterocycles. The van der Waals surface area contributed by atoms with Crippen LogP contribution in [0.15, 0.2) is 16.5 Å². The number of hydrogen-bond acceptors (Lipinski definition) is 5. The zero-order valence-corrected chi connectivity index (χ0v) is 12.7. The lowest BCUT2D eigenvalue weighted by atomic mass is 10.2. The van der Waals surface area contributed by atoms with Crippen LogP contribution >= 0.6 is 0 Å². The molecule has 7 nitrogen and oxygen atoms in total. The first-order valence-corrected chi connectivity index (χ1v) is 6.69. The van der Waals surface area contributed by atoms with Gasteiger partial charge >= 0.3 is 12.1 Å². The summed E-state index contributed by atoms with van der Waals surface area (Å²) in [7, 11) is 0. The van der Waals surface area contributed by atoms with E-state index in [0.29, 0.717) is 18.8 Å². The second-order valence-electron chi connectivity index (χ2n) is 5.75. The van der Waals surface area contributed by atoms with Crippen molar-refractivity contribution in [1.29, 1.82) is 0 Å². The summed E-state index contributed by atoms with van der Waals surface area (Å²) in [6.45, 7) is 8.11. The summed E-state index contributed by atoms with van der Waals surface area (Å²) >= 11 is 0. The number of ether oxygens (including phenoxy) is 1. The van der Waals surface area contributed by atoms with Crippen LogP contribution in [0.3, 0.4) is 0 Å². The first kappa shape index (κ1) is 17.0. The number of alkyl carbamates (subject to hydrolysis) is 1. The number of hydrogen-bond donors (Lipinski definition) is 3. The van der Waals surface area contributed by atoms with E-state index >= 15 is 0 Å². The van der Waals surface area contributed by atoms with Crippen LogP contribution in [0.2, 0.25) is 0 Å². The van der Waals surface area contributed by atoms with Crippen molar-refractivity contribution in [2.45, 2.75) is 45.9 Å². The van der Waals surface area contributed by atoms with Gasteiger partial charge in [-0.2, -0.15) is 0 Å². The van der Waals surface area contributed by atoms with E-state index < -0.39 is 17.7 Å². The Balaban J connectivity index is 2.28. The van der Waals surface area contributed by atoms with Gasteiger partial charge in [-0.1, -0.05) is 0 Å². The number of rotatable bonds is 6. The van der Waals surface area contributed by atoms with E-state index in [9.17, 15) is 9.59 Å². The standard InChI is InChI=1S/C14H22N2O5/c1-9(16-13(19)21-14(2,3)4)7-15-8-10-5-6-11(20-10)12(17)18/h5-6,9,15H,7-8H2,1-4H3,(H,16,19)(H,17,18). The van der Waals surface area contributed by atoms with Crippen molar-refractivity contribution < 1.29 is 23.8 Å². The van der Waals surface area contributed by atoms with Crippen molar-refractivity contribution in [3.8, 4) is 0 Å². The van der Waals surface area contributed by atoms with Crippen LogP contribution in [0.25, 0.3) is 0 Å². The number of furan rings is 1. The van der Waals surface area contributed by atoms with E-state index in [1.807, 2.05) is 6.92 Å². The Bertz CT molecular complexity index is 490. The van der Waals surface area contributed by atoms with Gasteiger partial charge in [0.2, 0.25) is 5.76 Å². The van der Waals surface area contributed by atoms with E-state index in [1.54, 1.807) is 26.8 Å².